The lowest BCUT2D eigenvalue weighted by atomic mass is 10.3. The van der Waals surface area contributed by atoms with Crippen LogP contribution < -0.4 is 10.5 Å². The van der Waals surface area contributed by atoms with Gasteiger partial charge in [0.05, 0.1) is 16.3 Å². The molecular formula is C18H19ClN2O5S2. The van der Waals surface area contributed by atoms with Gasteiger partial charge >= 0.3 is 5.97 Å². The third-order valence-electron chi connectivity index (χ3n) is 3.53. The summed E-state index contributed by atoms with van der Waals surface area (Å²) in [5, 5.41) is 8.17. The van der Waals surface area contributed by atoms with E-state index in [0.29, 0.717) is 16.5 Å². The fourth-order valence-electron chi connectivity index (χ4n) is 2.09. The molecule has 2 aromatic carbocycles. The maximum atomic E-state index is 12.1. The van der Waals surface area contributed by atoms with Crippen molar-refractivity contribution in [1.82, 2.24) is 0 Å². The Bertz CT molecular complexity index is 949. The number of hydrogen-bond donors (Lipinski definition) is 2. The molecule has 2 rings (SSSR count). The molecule has 0 aromatic heterocycles. The Kier molecular flexibility index (Phi) is 7.88. The van der Waals surface area contributed by atoms with Crippen molar-refractivity contribution < 1.29 is 22.7 Å². The number of benzene rings is 2. The van der Waals surface area contributed by atoms with Gasteiger partial charge in [0.15, 0.2) is 6.10 Å². The molecule has 0 saturated heterocycles. The van der Waals surface area contributed by atoms with Crippen molar-refractivity contribution in [3.8, 4) is 0 Å². The summed E-state index contributed by atoms with van der Waals surface area (Å²) in [5.74, 6) is -0.575. The summed E-state index contributed by atoms with van der Waals surface area (Å²) in [5.41, 5.74) is 0.356. The van der Waals surface area contributed by atoms with Crippen molar-refractivity contribution >= 4 is 50.9 Å². The Morgan fingerprint density at radius 1 is 1.18 bits per heavy atom. The molecule has 3 N–H and O–H groups in total. The van der Waals surface area contributed by atoms with Gasteiger partial charge in [-0.3, -0.25) is 9.59 Å². The molecule has 150 valence electrons. The third kappa shape index (κ3) is 6.83. The fourth-order valence-corrected chi connectivity index (χ4v) is 3.77. The van der Waals surface area contributed by atoms with Gasteiger partial charge in [-0.05, 0) is 43.3 Å². The van der Waals surface area contributed by atoms with Gasteiger partial charge in [0.25, 0.3) is 5.91 Å². The number of ether oxygens (including phenoxy) is 1. The van der Waals surface area contributed by atoms with Gasteiger partial charge in [0, 0.05) is 16.3 Å². The molecule has 1 atom stereocenters. The lowest BCUT2D eigenvalue weighted by Gasteiger charge is -2.13. The van der Waals surface area contributed by atoms with E-state index < -0.39 is 28.0 Å². The van der Waals surface area contributed by atoms with Crippen LogP contribution in [-0.2, 0) is 24.3 Å². The van der Waals surface area contributed by atoms with Crippen molar-refractivity contribution in [2.24, 2.45) is 5.14 Å². The second-order valence-electron chi connectivity index (χ2n) is 5.72. The summed E-state index contributed by atoms with van der Waals surface area (Å²) < 4.78 is 27.5. The molecule has 0 spiro atoms. The molecule has 0 fully saturated rings. The van der Waals surface area contributed by atoms with Gasteiger partial charge in [-0.1, -0.05) is 23.7 Å². The van der Waals surface area contributed by atoms with Crippen molar-refractivity contribution in [1.29, 1.82) is 0 Å². The first-order valence-corrected chi connectivity index (χ1v) is 11.1. The Balaban J connectivity index is 1.79. The number of rotatable bonds is 8. The van der Waals surface area contributed by atoms with E-state index in [0.717, 1.165) is 4.90 Å². The smallest absolute Gasteiger partial charge is 0.307 e. The van der Waals surface area contributed by atoms with Crippen LogP contribution in [-0.4, -0.2) is 32.2 Å². The zero-order chi connectivity index (χ0) is 20.7. The van der Waals surface area contributed by atoms with E-state index in [2.05, 4.69) is 5.32 Å². The number of carbonyl (C=O) groups is 2. The van der Waals surface area contributed by atoms with Gasteiger partial charge in [-0.2, -0.15) is 0 Å². The second kappa shape index (κ2) is 9.92. The Morgan fingerprint density at radius 2 is 1.82 bits per heavy atom. The van der Waals surface area contributed by atoms with Gasteiger partial charge < -0.3 is 10.1 Å². The first-order chi connectivity index (χ1) is 13.2. The number of amides is 1. The van der Waals surface area contributed by atoms with E-state index in [1.807, 2.05) is 18.2 Å². The molecule has 10 heteroatoms. The highest BCUT2D eigenvalue weighted by Crippen LogP contribution is 2.27. The average molecular weight is 443 g/mol. The highest BCUT2D eigenvalue weighted by atomic mass is 35.5. The number of hydrogen-bond acceptors (Lipinski definition) is 6. The van der Waals surface area contributed by atoms with Crippen LogP contribution in [0.2, 0.25) is 5.02 Å². The van der Waals surface area contributed by atoms with Gasteiger partial charge in [0.2, 0.25) is 10.0 Å². The number of esters is 1. The van der Waals surface area contributed by atoms with Crippen LogP contribution in [0.4, 0.5) is 5.69 Å². The van der Waals surface area contributed by atoms with Crippen LogP contribution in [0.15, 0.2) is 58.3 Å². The standard InChI is InChI=1S/C18H19ClN2O5S2/c1-12(18(23)21-13-6-8-14(9-7-13)28(20,24)25)26-17(22)10-11-27-16-5-3-2-4-15(16)19/h2-9,12H,10-11H2,1H3,(H,21,23)(H2,20,24,25). The number of halogens is 1. The summed E-state index contributed by atoms with van der Waals surface area (Å²) in [6, 6.07) is 12.6. The number of sulfonamides is 1. The van der Waals surface area contributed by atoms with E-state index in [1.165, 1.54) is 43.0 Å². The van der Waals surface area contributed by atoms with E-state index in [4.69, 9.17) is 21.5 Å². The van der Waals surface area contributed by atoms with Gasteiger partial charge in [-0.25, -0.2) is 13.6 Å². The van der Waals surface area contributed by atoms with E-state index in [1.54, 1.807) is 6.07 Å². The predicted molar refractivity (Wildman–Crippen MR) is 109 cm³/mol. The molecule has 1 amide bonds. The van der Waals surface area contributed by atoms with Gasteiger partial charge in [0.1, 0.15) is 0 Å². The van der Waals surface area contributed by atoms with Crippen LogP contribution in [0.1, 0.15) is 13.3 Å². The van der Waals surface area contributed by atoms with E-state index in [-0.39, 0.29) is 11.3 Å². The maximum Gasteiger partial charge on any atom is 0.307 e. The molecule has 0 aliphatic heterocycles. The lowest BCUT2D eigenvalue weighted by Crippen LogP contribution is -2.30. The number of nitrogens with two attached hydrogens (primary N) is 1. The molecule has 7 nitrogen and oxygen atoms in total. The van der Waals surface area contributed by atoms with Crippen molar-refractivity contribution in [3.05, 3.63) is 53.6 Å². The molecule has 0 radical (unpaired) electrons. The Labute approximate surface area is 172 Å². The number of thioether (sulfide) groups is 1. The van der Waals surface area contributed by atoms with Crippen LogP contribution >= 0.6 is 23.4 Å². The first-order valence-electron chi connectivity index (χ1n) is 8.17. The molecule has 1 unspecified atom stereocenters. The summed E-state index contributed by atoms with van der Waals surface area (Å²) in [7, 11) is -3.80. The summed E-state index contributed by atoms with van der Waals surface area (Å²) in [6.45, 7) is 1.45. The second-order valence-corrected chi connectivity index (χ2v) is 8.82. The van der Waals surface area contributed by atoms with Crippen LogP contribution in [0.5, 0.6) is 0 Å². The Morgan fingerprint density at radius 3 is 2.43 bits per heavy atom. The first kappa shape index (κ1) is 22.2. The van der Waals surface area contributed by atoms with E-state index >= 15 is 0 Å². The minimum Gasteiger partial charge on any atom is -0.453 e. The van der Waals surface area contributed by atoms with Crippen LogP contribution in [0.3, 0.4) is 0 Å². The normalized spacial score (nSPS) is 12.2. The summed E-state index contributed by atoms with van der Waals surface area (Å²) in [6.07, 6.45) is -0.882. The molecule has 28 heavy (non-hydrogen) atoms. The molecule has 0 aliphatic rings. The molecule has 0 aliphatic carbocycles. The molecular weight excluding hydrogens is 424 g/mol. The van der Waals surface area contributed by atoms with Gasteiger partial charge in [-0.15, -0.1) is 11.8 Å². The molecule has 0 heterocycles. The average Bonchev–Trinajstić information content (AvgIpc) is 2.63. The monoisotopic (exact) mass is 442 g/mol. The molecule has 0 saturated carbocycles. The Hall–Kier alpha value is -2.07. The van der Waals surface area contributed by atoms with Crippen molar-refractivity contribution in [2.75, 3.05) is 11.1 Å². The highest BCUT2D eigenvalue weighted by molar-refractivity contribution is 7.99. The number of anilines is 1. The lowest BCUT2D eigenvalue weighted by molar-refractivity contribution is -0.152. The quantitative estimate of drug-likeness (QED) is 0.479. The van der Waals surface area contributed by atoms with Crippen LogP contribution in [0.25, 0.3) is 0 Å². The topological polar surface area (TPSA) is 116 Å². The zero-order valence-corrected chi connectivity index (χ0v) is 17.3. The number of primary sulfonamides is 1. The maximum absolute atomic E-state index is 12.1. The number of nitrogens with one attached hydrogen (secondary N) is 1. The van der Waals surface area contributed by atoms with Crippen molar-refractivity contribution in [2.45, 2.75) is 29.2 Å². The molecule has 2 aromatic rings. The minimum absolute atomic E-state index is 0.0685. The predicted octanol–water partition coefficient (Wildman–Crippen LogP) is 3.04. The largest absolute Gasteiger partial charge is 0.453 e. The van der Waals surface area contributed by atoms with Crippen molar-refractivity contribution in [3.63, 3.8) is 0 Å². The summed E-state index contributed by atoms with van der Waals surface area (Å²) >= 11 is 7.47. The fraction of sp³-hybridized carbons (Fsp3) is 0.222. The van der Waals surface area contributed by atoms with Crippen LogP contribution in [0, 0.1) is 0 Å². The minimum atomic E-state index is -3.80. The highest BCUT2D eigenvalue weighted by Gasteiger charge is 2.18. The number of carbonyl (C=O) groups excluding carboxylic acids is 2. The molecule has 0 bridgehead atoms. The third-order valence-corrected chi connectivity index (χ3v) is 5.97. The zero-order valence-electron chi connectivity index (χ0n) is 14.9. The summed E-state index contributed by atoms with van der Waals surface area (Å²) in [4.78, 5) is 24.8. The van der Waals surface area contributed by atoms with E-state index in [9.17, 15) is 18.0 Å². The SMILES string of the molecule is CC(OC(=O)CCSc1ccccc1Cl)C(=O)Nc1ccc(S(N)(=O)=O)cc1.